The second kappa shape index (κ2) is 6.62. The monoisotopic (exact) mass is 237 g/mol. The van der Waals surface area contributed by atoms with Crippen LogP contribution in [0.3, 0.4) is 0 Å². The molecule has 3 heteroatoms. The number of rotatable bonds is 7. The summed E-state index contributed by atoms with van der Waals surface area (Å²) >= 11 is 0. The third-order valence-corrected chi connectivity index (χ3v) is 2.90. The maximum Gasteiger partial charge on any atom is 0.119 e. The molecule has 1 atom stereocenters. The van der Waals surface area contributed by atoms with Crippen molar-refractivity contribution in [3.63, 3.8) is 0 Å². The molecule has 1 unspecified atom stereocenters. The van der Waals surface area contributed by atoms with E-state index in [9.17, 15) is 5.11 Å². The zero-order valence-corrected chi connectivity index (χ0v) is 11.0. The molecule has 0 aromatic heterocycles. The summed E-state index contributed by atoms with van der Waals surface area (Å²) in [4.78, 5) is 0. The Balaban J connectivity index is 2.38. The van der Waals surface area contributed by atoms with E-state index >= 15 is 0 Å². The summed E-state index contributed by atoms with van der Waals surface area (Å²) in [5, 5.41) is 12.6. The Morgan fingerprint density at radius 2 is 1.94 bits per heavy atom. The highest BCUT2D eigenvalue weighted by atomic mass is 16.5. The predicted octanol–water partition coefficient (Wildman–Crippen LogP) is 2.12. The van der Waals surface area contributed by atoms with Crippen LogP contribution >= 0.6 is 0 Å². The highest BCUT2D eigenvalue weighted by molar-refractivity contribution is 5.26. The molecule has 0 saturated carbocycles. The van der Waals surface area contributed by atoms with E-state index in [1.807, 2.05) is 38.1 Å². The third kappa shape index (κ3) is 4.75. The van der Waals surface area contributed by atoms with Crippen molar-refractivity contribution >= 4 is 0 Å². The largest absolute Gasteiger partial charge is 0.494 e. The number of aliphatic hydroxyl groups excluding tert-OH is 1. The molecule has 17 heavy (non-hydrogen) atoms. The fourth-order valence-electron chi connectivity index (χ4n) is 1.68. The van der Waals surface area contributed by atoms with Crippen molar-refractivity contribution in [1.82, 2.24) is 5.32 Å². The van der Waals surface area contributed by atoms with E-state index in [1.165, 1.54) is 5.56 Å². The van der Waals surface area contributed by atoms with Crippen molar-refractivity contribution in [1.29, 1.82) is 0 Å². The summed E-state index contributed by atoms with van der Waals surface area (Å²) in [6.07, 6.45) is 0.783. The smallest absolute Gasteiger partial charge is 0.119 e. The molecule has 1 aromatic rings. The molecule has 0 amide bonds. The number of aryl methyl sites for hydroxylation is 1. The number of hydrogen-bond donors (Lipinski definition) is 2. The second-order valence-electron chi connectivity index (χ2n) is 4.66. The summed E-state index contributed by atoms with van der Waals surface area (Å²) in [7, 11) is 0. The highest BCUT2D eigenvalue weighted by Crippen LogP contribution is 2.14. The van der Waals surface area contributed by atoms with Gasteiger partial charge >= 0.3 is 0 Å². The molecule has 0 aliphatic rings. The SMILES string of the molecule is CCNC(C)(CO)CCOc1ccc(C)cc1. The van der Waals surface area contributed by atoms with Gasteiger partial charge in [-0.3, -0.25) is 0 Å². The Kier molecular flexibility index (Phi) is 5.45. The van der Waals surface area contributed by atoms with Crippen LogP contribution in [0.5, 0.6) is 5.75 Å². The van der Waals surface area contributed by atoms with Crippen LogP contribution in [0.2, 0.25) is 0 Å². The maximum atomic E-state index is 9.33. The average molecular weight is 237 g/mol. The van der Waals surface area contributed by atoms with Crippen molar-refractivity contribution in [3.8, 4) is 5.75 Å². The minimum atomic E-state index is -0.251. The minimum absolute atomic E-state index is 0.123. The predicted molar refractivity (Wildman–Crippen MR) is 70.5 cm³/mol. The molecule has 0 aliphatic heterocycles. The van der Waals surface area contributed by atoms with Crippen molar-refractivity contribution < 1.29 is 9.84 Å². The molecule has 0 saturated heterocycles. The second-order valence-corrected chi connectivity index (χ2v) is 4.66. The van der Waals surface area contributed by atoms with Crippen LogP contribution in [-0.2, 0) is 0 Å². The molecule has 0 heterocycles. The molecule has 0 fully saturated rings. The van der Waals surface area contributed by atoms with Crippen LogP contribution in [0.1, 0.15) is 25.8 Å². The molecule has 0 bridgehead atoms. The van der Waals surface area contributed by atoms with Crippen LogP contribution in [0.4, 0.5) is 0 Å². The molecule has 1 aromatic carbocycles. The number of aliphatic hydroxyl groups is 1. The Morgan fingerprint density at radius 3 is 2.47 bits per heavy atom. The van der Waals surface area contributed by atoms with Crippen LogP contribution in [0, 0.1) is 6.92 Å². The van der Waals surface area contributed by atoms with Crippen molar-refractivity contribution in [2.75, 3.05) is 19.8 Å². The minimum Gasteiger partial charge on any atom is -0.494 e. The molecule has 96 valence electrons. The van der Waals surface area contributed by atoms with Crippen molar-refractivity contribution in [2.45, 2.75) is 32.7 Å². The van der Waals surface area contributed by atoms with Gasteiger partial charge in [-0.2, -0.15) is 0 Å². The Bertz CT molecular complexity index is 323. The topological polar surface area (TPSA) is 41.5 Å². The molecule has 1 rings (SSSR count). The van der Waals surface area contributed by atoms with E-state index in [2.05, 4.69) is 12.2 Å². The Hall–Kier alpha value is -1.06. The average Bonchev–Trinajstić information content (AvgIpc) is 2.32. The van der Waals surface area contributed by atoms with Gasteiger partial charge in [-0.05, 0) is 32.5 Å². The fourth-order valence-corrected chi connectivity index (χ4v) is 1.68. The molecule has 0 radical (unpaired) electrons. The van der Waals surface area contributed by atoms with Gasteiger partial charge in [-0.1, -0.05) is 24.6 Å². The highest BCUT2D eigenvalue weighted by Gasteiger charge is 2.21. The van der Waals surface area contributed by atoms with E-state index in [1.54, 1.807) is 0 Å². The zero-order chi connectivity index (χ0) is 12.7. The van der Waals surface area contributed by atoms with Crippen LogP contribution < -0.4 is 10.1 Å². The van der Waals surface area contributed by atoms with Gasteiger partial charge < -0.3 is 15.2 Å². The van der Waals surface area contributed by atoms with E-state index < -0.39 is 0 Å². The number of hydrogen-bond acceptors (Lipinski definition) is 3. The van der Waals surface area contributed by atoms with Gasteiger partial charge in [0.15, 0.2) is 0 Å². The maximum absolute atomic E-state index is 9.33. The van der Waals surface area contributed by atoms with E-state index in [4.69, 9.17) is 4.74 Å². The van der Waals surface area contributed by atoms with Gasteiger partial charge in [-0.25, -0.2) is 0 Å². The van der Waals surface area contributed by atoms with Gasteiger partial charge in [0, 0.05) is 12.0 Å². The molecule has 3 nitrogen and oxygen atoms in total. The summed E-state index contributed by atoms with van der Waals surface area (Å²) in [6, 6.07) is 8.01. The molecule has 0 spiro atoms. The lowest BCUT2D eigenvalue weighted by Crippen LogP contribution is -2.46. The van der Waals surface area contributed by atoms with Gasteiger partial charge in [0.25, 0.3) is 0 Å². The van der Waals surface area contributed by atoms with E-state index in [0.29, 0.717) is 6.61 Å². The van der Waals surface area contributed by atoms with Gasteiger partial charge in [-0.15, -0.1) is 0 Å². The first-order valence-corrected chi connectivity index (χ1v) is 6.15. The van der Waals surface area contributed by atoms with Gasteiger partial charge in [0.1, 0.15) is 5.75 Å². The number of nitrogens with one attached hydrogen (secondary N) is 1. The lowest BCUT2D eigenvalue weighted by atomic mass is 10.00. The number of likely N-dealkylation sites (N-methyl/N-ethyl adjacent to an activating group) is 1. The molecular weight excluding hydrogens is 214 g/mol. The van der Waals surface area contributed by atoms with Crippen LogP contribution in [0.25, 0.3) is 0 Å². The van der Waals surface area contributed by atoms with E-state index in [0.717, 1.165) is 18.7 Å². The quantitative estimate of drug-likeness (QED) is 0.763. The van der Waals surface area contributed by atoms with Gasteiger partial charge in [0.2, 0.25) is 0 Å². The van der Waals surface area contributed by atoms with Crippen LogP contribution in [0.15, 0.2) is 24.3 Å². The Labute approximate surface area is 104 Å². The first-order chi connectivity index (χ1) is 8.09. The lowest BCUT2D eigenvalue weighted by Gasteiger charge is -2.28. The molecule has 2 N–H and O–H groups in total. The lowest BCUT2D eigenvalue weighted by molar-refractivity contribution is 0.146. The van der Waals surface area contributed by atoms with Crippen molar-refractivity contribution in [3.05, 3.63) is 29.8 Å². The first-order valence-electron chi connectivity index (χ1n) is 6.15. The first kappa shape index (κ1) is 14.0. The normalized spacial score (nSPS) is 14.4. The van der Waals surface area contributed by atoms with Crippen LogP contribution in [-0.4, -0.2) is 30.4 Å². The standard InChI is InChI=1S/C14H23NO2/c1-4-15-14(3,11-16)9-10-17-13-7-5-12(2)6-8-13/h5-8,15-16H,4,9-11H2,1-3H3. The number of benzene rings is 1. The zero-order valence-electron chi connectivity index (χ0n) is 11.0. The summed E-state index contributed by atoms with van der Waals surface area (Å²) in [5.74, 6) is 0.882. The Morgan fingerprint density at radius 1 is 1.29 bits per heavy atom. The molecular formula is C14H23NO2. The molecule has 0 aliphatic carbocycles. The van der Waals surface area contributed by atoms with E-state index in [-0.39, 0.29) is 12.1 Å². The number of ether oxygens (including phenoxy) is 1. The summed E-state index contributed by atoms with van der Waals surface area (Å²) in [5.41, 5.74) is 0.976. The van der Waals surface area contributed by atoms with Crippen molar-refractivity contribution in [2.24, 2.45) is 0 Å². The fraction of sp³-hybridized carbons (Fsp3) is 0.571. The third-order valence-electron chi connectivity index (χ3n) is 2.90. The summed E-state index contributed by atoms with van der Waals surface area (Å²) in [6.45, 7) is 7.67. The van der Waals surface area contributed by atoms with Gasteiger partial charge in [0.05, 0.1) is 13.2 Å². The summed E-state index contributed by atoms with van der Waals surface area (Å²) < 4.78 is 5.65.